The molecule has 1 aromatic carbocycles. The van der Waals surface area contributed by atoms with E-state index in [1.807, 2.05) is 19.1 Å². The second-order valence-corrected chi connectivity index (χ2v) is 6.38. The Morgan fingerprint density at radius 3 is 2.67 bits per heavy atom. The molecule has 0 bridgehead atoms. The molecule has 1 saturated carbocycles. The van der Waals surface area contributed by atoms with Gasteiger partial charge in [-0.1, -0.05) is 17.7 Å². The molecule has 3 N–H and O–H groups in total. The summed E-state index contributed by atoms with van der Waals surface area (Å²) in [6, 6.07) is 6.21. The molecule has 1 unspecified atom stereocenters. The molecule has 136 valence electrons. The van der Waals surface area contributed by atoms with Crippen molar-refractivity contribution in [2.75, 3.05) is 20.2 Å². The zero-order valence-electron chi connectivity index (χ0n) is 15.1. The van der Waals surface area contributed by atoms with Crippen molar-refractivity contribution >= 4 is 29.9 Å². The molecule has 0 saturated heterocycles. The zero-order valence-corrected chi connectivity index (χ0v) is 17.4. The molecule has 2 rings (SSSR count). The molecule has 1 aromatic rings. The van der Waals surface area contributed by atoms with Gasteiger partial charge in [0.25, 0.3) is 0 Å². The monoisotopic (exact) mass is 447 g/mol. The first kappa shape index (κ1) is 21.0. The van der Waals surface area contributed by atoms with E-state index in [0.717, 1.165) is 43.1 Å². The van der Waals surface area contributed by atoms with Crippen LogP contribution in [0.5, 0.6) is 5.75 Å². The van der Waals surface area contributed by atoms with Gasteiger partial charge in [-0.15, -0.1) is 24.0 Å². The molecule has 0 aliphatic heterocycles. The maximum atomic E-state index is 10.2. The number of hydrogen-bond acceptors (Lipinski definition) is 3. The van der Waals surface area contributed by atoms with Gasteiger partial charge in [0.15, 0.2) is 5.96 Å². The summed E-state index contributed by atoms with van der Waals surface area (Å²) >= 11 is 0. The quantitative estimate of drug-likeness (QED) is 0.356. The van der Waals surface area contributed by atoms with E-state index in [0.29, 0.717) is 6.54 Å². The van der Waals surface area contributed by atoms with Crippen molar-refractivity contribution in [3.8, 4) is 5.75 Å². The summed E-state index contributed by atoms with van der Waals surface area (Å²) in [6.45, 7) is 7.42. The number of guanidine groups is 1. The lowest BCUT2D eigenvalue weighted by Gasteiger charge is -2.35. The molecule has 1 aliphatic carbocycles. The Hall–Kier alpha value is -1.02. The number of methoxy groups -OCH3 is 1. The minimum Gasteiger partial charge on any atom is -0.496 e. The van der Waals surface area contributed by atoms with Crippen LogP contribution in [0.25, 0.3) is 0 Å². The predicted molar refractivity (Wildman–Crippen MR) is 109 cm³/mol. The molecule has 1 aliphatic rings. The van der Waals surface area contributed by atoms with Gasteiger partial charge in [-0.05, 0) is 46.1 Å². The lowest BCUT2D eigenvalue weighted by atomic mass is 9.80. The third-order valence-corrected chi connectivity index (χ3v) is 4.36. The van der Waals surface area contributed by atoms with Crippen LogP contribution >= 0.6 is 24.0 Å². The maximum absolute atomic E-state index is 10.2. The average molecular weight is 447 g/mol. The summed E-state index contributed by atoms with van der Waals surface area (Å²) in [4.78, 5) is 4.55. The second kappa shape index (κ2) is 9.46. The number of nitrogens with zero attached hydrogens (tertiary/aromatic N) is 1. The Morgan fingerprint density at radius 2 is 2.12 bits per heavy atom. The SMILES string of the molecule is CCNC(=NCC1(O)CCC1)NC(C)c1cc(C)ccc1OC.I. The van der Waals surface area contributed by atoms with Gasteiger partial charge in [-0.2, -0.15) is 0 Å². The molecule has 1 fully saturated rings. The smallest absolute Gasteiger partial charge is 0.191 e. The van der Waals surface area contributed by atoms with E-state index >= 15 is 0 Å². The lowest BCUT2D eigenvalue weighted by molar-refractivity contribution is -0.0236. The van der Waals surface area contributed by atoms with E-state index in [2.05, 4.69) is 35.5 Å². The minimum absolute atomic E-state index is 0. The molecule has 5 nitrogen and oxygen atoms in total. The number of aryl methyl sites for hydroxylation is 1. The molecular weight excluding hydrogens is 417 g/mol. The van der Waals surface area contributed by atoms with E-state index in [1.165, 1.54) is 5.56 Å². The van der Waals surface area contributed by atoms with Crippen LogP contribution in [-0.4, -0.2) is 36.9 Å². The fraction of sp³-hybridized carbons (Fsp3) is 0.611. The summed E-state index contributed by atoms with van der Waals surface area (Å²) in [6.07, 6.45) is 2.78. The number of nitrogens with one attached hydrogen (secondary N) is 2. The van der Waals surface area contributed by atoms with Crippen LogP contribution in [0.3, 0.4) is 0 Å². The van der Waals surface area contributed by atoms with Crippen molar-refractivity contribution < 1.29 is 9.84 Å². The second-order valence-electron chi connectivity index (χ2n) is 6.38. The number of benzene rings is 1. The molecule has 1 atom stereocenters. The van der Waals surface area contributed by atoms with Gasteiger partial charge in [0.2, 0.25) is 0 Å². The fourth-order valence-electron chi connectivity index (χ4n) is 2.76. The number of rotatable bonds is 6. The van der Waals surface area contributed by atoms with Crippen LogP contribution in [0.4, 0.5) is 0 Å². The van der Waals surface area contributed by atoms with E-state index in [-0.39, 0.29) is 30.0 Å². The van der Waals surface area contributed by atoms with Gasteiger partial charge in [-0.3, -0.25) is 4.99 Å². The number of halogens is 1. The van der Waals surface area contributed by atoms with Crippen molar-refractivity contribution in [2.45, 2.75) is 51.7 Å². The summed E-state index contributed by atoms with van der Waals surface area (Å²) in [5.74, 6) is 1.59. The van der Waals surface area contributed by atoms with Crippen molar-refractivity contribution in [2.24, 2.45) is 4.99 Å². The molecule has 0 radical (unpaired) electrons. The topological polar surface area (TPSA) is 65.9 Å². The van der Waals surface area contributed by atoms with Gasteiger partial charge in [0.05, 0.1) is 25.3 Å². The van der Waals surface area contributed by atoms with Gasteiger partial charge in [0.1, 0.15) is 5.75 Å². The first-order valence-corrected chi connectivity index (χ1v) is 8.39. The average Bonchev–Trinajstić information content (AvgIpc) is 2.50. The van der Waals surface area contributed by atoms with E-state index < -0.39 is 5.60 Å². The summed E-state index contributed by atoms with van der Waals surface area (Å²) in [5, 5.41) is 16.9. The summed E-state index contributed by atoms with van der Waals surface area (Å²) in [5.41, 5.74) is 1.69. The fourth-order valence-corrected chi connectivity index (χ4v) is 2.76. The highest BCUT2D eigenvalue weighted by atomic mass is 127. The van der Waals surface area contributed by atoms with Crippen LogP contribution in [0.15, 0.2) is 23.2 Å². The van der Waals surface area contributed by atoms with Gasteiger partial charge < -0.3 is 20.5 Å². The number of ether oxygens (including phenoxy) is 1. The molecule has 0 heterocycles. The third kappa shape index (κ3) is 5.51. The first-order chi connectivity index (χ1) is 11.0. The van der Waals surface area contributed by atoms with Crippen LogP contribution in [0.2, 0.25) is 0 Å². The number of aliphatic imine (C=N–C) groups is 1. The minimum atomic E-state index is -0.605. The molecule has 0 spiro atoms. The molecular formula is C18H30IN3O2. The highest BCUT2D eigenvalue weighted by Crippen LogP contribution is 2.31. The zero-order chi connectivity index (χ0) is 16.9. The summed E-state index contributed by atoms with van der Waals surface area (Å²) < 4.78 is 5.46. The van der Waals surface area contributed by atoms with Crippen molar-refractivity contribution in [1.29, 1.82) is 0 Å². The van der Waals surface area contributed by atoms with Crippen LogP contribution < -0.4 is 15.4 Å². The number of aliphatic hydroxyl groups is 1. The normalized spacial score (nSPS) is 17.3. The van der Waals surface area contributed by atoms with E-state index in [4.69, 9.17) is 4.74 Å². The molecule has 24 heavy (non-hydrogen) atoms. The van der Waals surface area contributed by atoms with Crippen molar-refractivity contribution in [1.82, 2.24) is 10.6 Å². The Kier molecular flexibility index (Phi) is 8.29. The van der Waals surface area contributed by atoms with Gasteiger partial charge in [-0.25, -0.2) is 0 Å². The third-order valence-electron chi connectivity index (χ3n) is 4.36. The van der Waals surface area contributed by atoms with Crippen LogP contribution in [0, 0.1) is 6.92 Å². The standard InChI is InChI=1S/C18H29N3O2.HI/c1-5-19-17(20-12-18(22)9-6-10-18)21-14(3)15-11-13(2)7-8-16(15)23-4;/h7-8,11,14,22H,5-6,9-10,12H2,1-4H3,(H2,19,20,21);1H. The Labute approximate surface area is 162 Å². The highest BCUT2D eigenvalue weighted by Gasteiger charge is 2.34. The van der Waals surface area contributed by atoms with Crippen molar-refractivity contribution in [3.05, 3.63) is 29.3 Å². The largest absolute Gasteiger partial charge is 0.496 e. The van der Waals surface area contributed by atoms with Crippen molar-refractivity contribution in [3.63, 3.8) is 0 Å². The van der Waals surface area contributed by atoms with Gasteiger partial charge in [0, 0.05) is 12.1 Å². The summed E-state index contributed by atoms with van der Waals surface area (Å²) in [7, 11) is 1.69. The molecule has 6 heteroatoms. The van der Waals surface area contributed by atoms with E-state index in [1.54, 1.807) is 7.11 Å². The number of hydrogen-bond donors (Lipinski definition) is 3. The lowest BCUT2D eigenvalue weighted by Crippen LogP contribution is -2.43. The Morgan fingerprint density at radius 1 is 1.42 bits per heavy atom. The van der Waals surface area contributed by atoms with Crippen LogP contribution in [-0.2, 0) is 0 Å². The maximum Gasteiger partial charge on any atom is 0.191 e. The van der Waals surface area contributed by atoms with Gasteiger partial charge >= 0.3 is 0 Å². The highest BCUT2D eigenvalue weighted by molar-refractivity contribution is 14.0. The van der Waals surface area contributed by atoms with Crippen LogP contribution in [0.1, 0.15) is 50.3 Å². The molecule has 0 aromatic heterocycles. The molecule has 0 amide bonds. The predicted octanol–water partition coefficient (Wildman–Crippen LogP) is 3.15. The Balaban J connectivity index is 0.00000288. The first-order valence-electron chi connectivity index (χ1n) is 8.39. The Bertz CT molecular complexity index is 559. The van der Waals surface area contributed by atoms with E-state index in [9.17, 15) is 5.11 Å².